The Morgan fingerprint density at radius 1 is 1.05 bits per heavy atom. The van der Waals surface area contributed by atoms with Crippen LogP contribution in [0.15, 0.2) is 48.5 Å². The normalized spacial score (nSPS) is 9.29. The van der Waals surface area contributed by atoms with Crippen LogP contribution in [0.4, 0.5) is 16.2 Å². The van der Waals surface area contributed by atoms with Crippen LogP contribution in [-0.4, -0.2) is 13.1 Å². The van der Waals surface area contributed by atoms with Gasteiger partial charge < -0.3 is 5.32 Å². The molecule has 0 saturated carbocycles. The quantitative estimate of drug-likeness (QED) is 0.915. The van der Waals surface area contributed by atoms with E-state index in [1.54, 1.807) is 55.6 Å². The highest BCUT2D eigenvalue weighted by Gasteiger charge is 2.11. The second-order valence-corrected chi connectivity index (χ2v) is 4.34. The van der Waals surface area contributed by atoms with Gasteiger partial charge in [0.15, 0.2) is 0 Å². The molecule has 5 nitrogen and oxygen atoms in total. The van der Waals surface area contributed by atoms with E-state index in [1.807, 2.05) is 12.1 Å². The van der Waals surface area contributed by atoms with E-state index in [1.165, 1.54) is 4.90 Å². The highest BCUT2D eigenvalue weighted by Crippen LogP contribution is 2.16. The molecule has 102 valence electrons. The third-order valence-electron chi connectivity index (χ3n) is 2.93. The molecule has 0 fully saturated rings. The Morgan fingerprint density at radius 2 is 1.71 bits per heavy atom. The summed E-state index contributed by atoms with van der Waals surface area (Å²) >= 11 is 0. The summed E-state index contributed by atoms with van der Waals surface area (Å²) in [5.41, 5.74) is 2.24. The molecule has 1 N–H and O–H groups in total. The number of urea groups is 1. The zero-order valence-corrected chi connectivity index (χ0v) is 11.4. The Hall–Kier alpha value is -3.31. The summed E-state index contributed by atoms with van der Waals surface area (Å²) in [6.07, 6.45) is 0. The summed E-state index contributed by atoms with van der Waals surface area (Å²) in [5.74, 6) is 0. The van der Waals surface area contributed by atoms with Crippen molar-refractivity contribution < 1.29 is 4.79 Å². The van der Waals surface area contributed by atoms with Crippen molar-refractivity contribution in [3.8, 4) is 12.1 Å². The molecule has 0 spiro atoms. The highest BCUT2D eigenvalue weighted by atomic mass is 16.2. The van der Waals surface area contributed by atoms with E-state index in [2.05, 4.69) is 5.32 Å². The molecule has 0 atom stereocenters. The van der Waals surface area contributed by atoms with Crippen molar-refractivity contribution in [1.29, 1.82) is 10.5 Å². The average molecular weight is 276 g/mol. The lowest BCUT2D eigenvalue weighted by molar-refractivity contribution is 0.258. The van der Waals surface area contributed by atoms with Crippen molar-refractivity contribution in [2.75, 3.05) is 17.3 Å². The number of anilines is 2. The highest BCUT2D eigenvalue weighted by molar-refractivity contribution is 6.01. The van der Waals surface area contributed by atoms with Gasteiger partial charge in [-0.15, -0.1) is 0 Å². The van der Waals surface area contributed by atoms with Crippen LogP contribution in [0.25, 0.3) is 0 Å². The monoisotopic (exact) mass is 276 g/mol. The standard InChI is InChI=1S/C16H12N4O/c1-20(15-7-5-12(10-17)6-8-15)16(21)19-14-4-2-3-13(9-14)11-18/h2-9H,1H3,(H,19,21). The van der Waals surface area contributed by atoms with Gasteiger partial charge >= 0.3 is 6.03 Å². The predicted octanol–water partition coefficient (Wildman–Crippen LogP) is 3.10. The van der Waals surface area contributed by atoms with Crippen LogP contribution in [-0.2, 0) is 0 Å². The van der Waals surface area contributed by atoms with Crippen molar-refractivity contribution in [3.63, 3.8) is 0 Å². The fourth-order valence-electron chi connectivity index (χ4n) is 1.75. The number of rotatable bonds is 2. The third kappa shape index (κ3) is 3.37. The lowest BCUT2D eigenvalue weighted by Gasteiger charge is -2.18. The van der Waals surface area contributed by atoms with Gasteiger partial charge in [-0.05, 0) is 42.5 Å². The molecule has 0 radical (unpaired) electrons. The largest absolute Gasteiger partial charge is 0.326 e. The number of carbonyl (C=O) groups is 1. The molecule has 2 amide bonds. The number of nitrogens with one attached hydrogen (secondary N) is 1. The number of hydrogen-bond donors (Lipinski definition) is 1. The lowest BCUT2D eigenvalue weighted by atomic mass is 10.2. The number of nitriles is 2. The average Bonchev–Trinajstić information content (AvgIpc) is 2.54. The molecule has 0 aliphatic carbocycles. The van der Waals surface area contributed by atoms with Crippen LogP contribution in [0.1, 0.15) is 11.1 Å². The van der Waals surface area contributed by atoms with Crippen LogP contribution in [0.5, 0.6) is 0 Å². The van der Waals surface area contributed by atoms with E-state index >= 15 is 0 Å². The Balaban J connectivity index is 2.12. The Morgan fingerprint density at radius 3 is 2.33 bits per heavy atom. The van der Waals surface area contributed by atoms with Gasteiger partial charge in [0.1, 0.15) is 0 Å². The number of nitrogens with zero attached hydrogens (tertiary/aromatic N) is 3. The summed E-state index contributed by atoms with van der Waals surface area (Å²) in [5, 5.41) is 20.3. The molecule has 2 aromatic rings. The maximum atomic E-state index is 12.1. The molecule has 2 rings (SSSR count). The topological polar surface area (TPSA) is 79.9 Å². The fraction of sp³-hybridized carbons (Fsp3) is 0.0625. The Labute approximate surface area is 122 Å². The van der Waals surface area contributed by atoms with E-state index in [-0.39, 0.29) is 6.03 Å². The predicted molar refractivity (Wildman–Crippen MR) is 79.7 cm³/mol. The minimum absolute atomic E-state index is 0.324. The van der Waals surface area contributed by atoms with Crippen molar-refractivity contribution in [3.05, 3.63) is 59.7 Å². The number of amides is 2. The zero-order valence-electron chi connectivity index (χ0n) is 11.4. The fourth-order valence-corrected chi connectivity index (χ4v) is 1.75. The molecule has 5 heteroatoms. The first kappa shape index (κ1) is 14.1. The second-order valence-electron chi connectivity index (χ2n) is 4.34. The van der Waals surface area contributed by atoms with Crippen LogP contribution < -0.4 is 10.2 Å². The van der Waals surface area contributed by atoms with E-state index in [0.717, 1.165) is 0 Å². The molecule has 21 heavy (non-hydrogen) atoms. The van der Waals surface area contributed by atoms with Gasteiger partial charge in [0.05, 0.1) is 23.3 Å². The summed E-state index contributed by atoms with van der Waals surface area (Å²) in [7, 11) is 1.63. The van der Waals surface area contributed by atoms with E-state index < -0.39 is 0 Å². The summed E-state index contributed by atoms with van der Waals surface area (Å²) in [6, 6.07) is 17.1. The first-order valence-corrected chi connectivity index (χ1v) is 6.19. The minimum Gasteiger partial charge on any atom is -0.308 e. The van der Waals surface area contributed by atoms with E-state index in [9.17, 15) is 4.79 Å². The van der Waals surface area contributed by atoms with Gasteiger partial charge in [-0.1, -0.05) is 6.07 Å². The van der Waals surface area contributed by atoms with Gasteiger partial charge in [-0.3, -0.25) is 4.90 Å². The maximum absolute atomic E-state index is 12.1. The lowest BCUT2D eigenvalue weighted by Crippen LogP contribution is -2.31. The van der Waals surface area contributed by atoms with Crippen molar-refractivity contribution >= 4 is 17.4 Å². The number of hydrogen-bond acceptors (Lipinski definition) is 3. The zero-order chi connectivity index (χ0) is 15.2. The van der Waals surface area contributed by atoms with Crippen LogP contribution in [0, 0.1) is 22.7 Å². The summed E-state index contributed by atoms with van der Waals surface area (Å²) in [6.45, 7) is 0. The van der Waals surface area contributed by atoms with Crippen molar-refractivity contribution in [1.82, 2.24) is 0 Å². The first-order chi connectivity index (χ1) is 10.1. The van der Waals surface area contributed by atoms with Crippen molar-refractivity contribution in [2.45, 2.75) is 0 Å². The Bertz CT molecular complexity index is 738. The van der Waals surface area contributed by atoms with Gasteiger partial charge in [0, 0.05) is 18.4 Å². The smallest absolute Gasteiger partial charge is 0.308 e. The van der Waals surface area contributed by atoms with E-state index in [0.29, 0.717) is 22.5 Å². The van der Waals surface area contributed by atoms with Crippen molar-refractivity contribution in [2.24, 2.45) is 0 Å². The van der Waals surface area contributed by atoms with Crippen LogP contribution >= 0.6 is 0 Å². The SMILES string of the molecule is CN(C(=O)Nc1cccc(C#N)c1)c1ccc(C#N)cc1. The molecule has 0 saturated heterocycles. The molecule has 0 bridgehead atoms. The molecule has 0 aliphatic heterocycles. The van der Waals surface area contributed by atoms with E-state index in [4.69, 9.17) is 10.5 Å². The van der Waals surface area contributed by atoms with Gasteiger partial charge in [0.2, 0.25) is 0 Å². The molecular formula is C16H12N4O. The Kier molecular flexibility index (Phi) is 4.18. The molecule has 0 aromatic heterocycles. The third-order valence-corrected chi connectivity index (χ3v) is 2.93. The molecule has 2 aromatic carbocycles. The maximum Gasteiger partial charge on any atom is 0.326 e. The van der Waals surface area contributed by atoms with Gasteiger partial charge in [-0.2, -0.15) is 10.5 Å². The molecule has 0 heterocycles. The summed E-state index contributed by atoms with van der Waals surface area (Å²) < 4.78 is 0. The summed E-state index contributed by atoms with van der Waals surface area (Å²) in [4.78, 5) is 13.6. The second kappa shape index (κ2) is 6.23. The molecule has 0 aliphatic rings. The molecular weight excluding hydrogens is 264 g/mol. The first-order valence-electron chi connectivity index (χ1n) is 6.19. The molecule has 0 unspecified atom stereocenters. The number of carbonyl (C=O) groups excluding carboxylic acids is 1. The van der Waals surface area contributed by atoms with Gasteiger partial charge in [-0.25, -0.2) is 4.79 Å². The van der Waals surface area contributed by atoms with Gasteiger partial charge in [0.25, 0.3) is 0 Å². The van der Waals surface area contributed by atoms with Crippen LogP contribution in [0.2, 0.25) is 0 Å². The number of benzene rings is 2. The van der Waals surface area contributed by atoms with Crippen LogP contribution in [0.3, 0.4) is 0 Å². The minimum atomic E-state index is -0.324.